The minimum Gasteiger partial charge on any atom is -0.493 e. The lowest BCUT2D eigenvalue weighted by atomic mass is 10.1. The van der Waals surface area contributed by atoms with Gasteiger partial charge in [0.2, 0.25) is 0 Å². The highest BCUT2D eigenvalue weighted by Gasteiger charge is 2.32. The van der Waals surface area contributed by atoms with Gasteiger partial charge in [0.1, 0.15) is 23.3 Å². The van der Waals surface area contributed by atoms with Gasteiger partial charge in [0, 0.05) is 0 Å². The molecule has 0 radical (unpaired) electrons. The van der Waals surface area contributed by atoms with Crippen LogP contribution in [0.3, 0.4) is 0 Å². The van der Waals surface area contributed by atoms with Gasteiger partial charge in [-0.1, -0.05) is 84.7 Å². The third-order valence-corrected chi connectivity index (χ3v) is 6.86. The molecule has 1 saturated heterocycles. The predicted molar refractivity (Wildman–Crippen MR) is 149 cm³/mol. The SMILES string of the molecule is C=CCc1ccccc1OCCOc1ccc(C=C2SC(=S)N(Cc3ccccc3)C2=O)cc1OC. The van der Waals surface area contributed by atoms with Crippen molar-refractivity contribution in [1.82, 2.24) is 4.90 Å². The van der Waals surface area contributed by atoms with Crippen molar-refractivity contribution in [3.8, 4) is 17.2 Å². The maximum absolute atomic E-state index is 13.0. The van der Waals surface area contributed by atoms with Crippen molar-refractivity contribution >= 4 is 40.3 Å². The smallest absolute Gasteiger partial charge is 0.266 e. The number of rotatable bonds is 11. The Bertz CT molecular complexity index is 1270. The molecule has 0 atom stereocenters. The number of thiocarbonyl (C=S) groups is 1. The highest BCUT2D eigenvalue weighted by atomic mass is 32.2. The van der Waals surface area contributed by atoms with E-state index in [1.807, 2.05) is 84.9 Å². The first-order chi connectivity index (χ1) is 17.6. The lowest BCUT2D eigenvalue weighted by Gasteiger charge is -2.14. The van der Waals surface area contributed by atoms with Crippen LogP contribution in [0.5, 0.6) is 17.2 Å². The van der Waals surface area contributed by atoms with E-state index in [0.717, 1.165) is 28.9 Å². The molecule has 0 saturated carbocycles. The van der Waals surface area contributed by atoms with Crippen molar-refractivity contribution in [1.29, 1.82) is 0 Å². The first kappa shape index (κ1) is 25.5. The van der Waals surface area contributed by atoms with Gasteiger partial charge in [0.25, 0.3) is 5.91 Å². The van der Waals surface area contributed by atoms with Crippen LogP contribution in [0, 0.1) is 0 Å². The molecule has 1 fully saturated rings. The monoisotopic (exact) mass is 517 g/mol. The molecule has 5 nitrogen and oxygen atoms in total. The lowest BCUT2D eigenvalue weighted by molar-refractivity contribution is -0.122. The summed E-state index contributed by atoms with van der Waals surface area (Å²) in [6.45, 7) is 5.00. The van der Waals surface area contributed by atoms with Crippen molar-refractivity contribution < 1.29 is 19.0 Å². The number of carbonyl (C=O) groups is 1. The fourth-order valence-corrected chi connectivity index (χ4v) is 4.97. The Hall–Kier alpha value is -3.55. The van der Waals surface area contributed by atoms with Gasteiger partial charge in [0.05, 0.1) is 18.6 Å². The molecule has 0 unspecified atom stereocenters. The van der Waals surface area contributed by atoms with E-state index in [1.165, 1.54) is 11.8 Å². The molecule has 0 bridgehead atoms. The standard InChI is InChI=1S/C29H27NO4S2/c1-3-9-23-12-7-8-13-24(23)33-16-17-34-25-15-14-22(18-26(25)32-2)19-27-28(31)30(29(35)36-27)20-21-10-5-4-6-11-21/h3-8,10-15,18-19H,1,9,16-17,20H2,2H3. The quantitative estimate of drug-likeness (QED) is 0.129. The maximum atomic E-state index is 13.0. The van der Waals surface area contributed by atoms with E-state index in [0.29, 0.717) is 40.5 Å². The molecule has 0 aliphatic carbocycles. The maximum Gasteiger partial charge on any atom is 0.266 e. The van der Waals surface area contributed by atoms with Crippen molar-refractivity contribution in [2.45, 2.75) is 13.0 Å². The summed E-state index contributed by atoms with van der Waals surface area (Å²) in [5.41, 5.74) is 2.95. The fourth-order valence-electron chi connectivity index (χ4n) is 3.72. The first-order valence-corrected chi connectivity index (χ1v) is 12.7. The summed E-state index contributed by atoms with van der Waals surface area (Å²) in [7, 11) is 1.59. The summed E-state index contributed by atoms with van der Waals surface area (Å²) in [4.78, 5) is 15.2. The summed E-state index contributed by atoms with van der Waals surface area (Å²) in [6, 6.07) is 23.3. The molecule has 1 aliphatic heterocycles. The number of allylic oxidation sites excluding steroid dienone is 1. The molecule has 3 aromatic rings. The molecular weight excluding hydrogens is 490 g/mol. The molecule has 1 amide bonds. The van der Waals surface area contributed by atoms with Crippen molar-refractivity contribution in [2.24, 2.45) is 0 Å². The third-order valence-electron chi connectivity index (χ3n) is 5.48. The van der Waals surface area contributed by atoms with Gasteiger partial charge in [-0.15, -0.1) is 6.58 Å². The summed E-state index contributed by atoms with van der Waals surface area (Å²) < 4.78 is 17.9. The summed E-state index contributed by atoms with van der Waals surface area (Å²) >= 11 is 6.77. The molecule has 4 rings (SSSR count). The third kappa shape index (κ3) is 6.36. The zero-order chi connectivity index (χ0) is 25.3. The van der Waals surface area contributed by atoms with E-state index in [9.17, 15) is 4.79 Å². The Balaban J connectivity index is 1.38. The van der Waals surface area contributed by atoms with Gasteiger partial charge in [-0.2, -0.15) is 0 Å². The van der Waals surface area contributed by atoms with Crippen LogP contribution in [0.15, 0.2) is 90.4 Å². The largest absolute Gasteiger partial charge is 0.493 e. The second-order valence-corrected chi connectivity index (χ2v) is 9.64. The number of benzene rings is 3. The van der Waals surface area contributed by atoms with Crippen molar-refractivity contribution in [3.63, 3.8) is 0 Å². The first-order valence-electron chi connectivity index (χ1n) is 11.5. The highest BCUT2D eigenvalue weighted by Crippen LogP contribution is 2.35. The molecule has 3 aromatic carbocycles. The second-order valence-electron chi connectivity index (χ2n) is 7.96. The number of hydrogen-bond donors (Lipinski definition) is 0. The van der Waals surface area contributed by atoms with Gasteiger partial charge >= 0.3 is 0 Å². The van der Waals surface area contributed by atoms with Gasteiger partial charge in [-0.3, -0.25) is 9.69 Å². The number of methoxy groups -OCH3 is 1. The van der Waals surface area contributed by atoms with Crippen LogP contribution in [-0.2, 0) is 17.8 Å². The van der Waals surface area contributed by atoms with Crippen LogP contribution < -0.4 is 14.2 Å². The minimum atomic E-state index is -0.0953. The van der Waals surface area contributed by atoms with Gasteiger partial charge in [-0.05, 0) is 47.4 Å². The normalized spacial score (nSPS) is 14.2. The van der Waals surface area contributed by atoms with Crippen LogP contribution in [-0.4, -0.2) is 35.5 Å². The molecule has 7 heteroatoms. The van der Waals surface area contributed by atoms with E-state index < -0.39 is 0 Å². The van der Waals surface area contributed by atoms with E-state index in [1.54, 1.807) is 12.0 Å². The lowest BCUT2D eigenvalue weighted by Crippen LogP contribution is -2.27. The number of carbonyl (C=O) groups excluding carboxylic acids is 1. The Morgan fingerprint density at radius 1 is 0.944 bits per heavy atom. The molecule has 36 heavy (non-hydrogen) atoms. The topological polar surface area (TPSA) is 48.0 Å². The number of thioether (sulfide) groups is 1. The van der Waals surface area contributed by atoms with Crippen molar-refractivity contribution in [2.75, 3.05) is 20.3 Å². The summed E-state index contributed by atoms with van der Waals surface area (Å²) in [6.07, 6.45) is 4.43. The minimum absolute atomic E-state index is 0.0953. The predicted octanol–water partition coefficient (Wildman–Crippen LogP) is 6.28. The van der Waals surface area contributed by atoms with E-state index in [2.05, 4.69) is 6.58 Å². The molecule has 0 N–H and O–H groups in total. The Labute approximate surface area is 221 Å². The molecule has 184 valence electrons. The van der Waals surface area contributed by atoms with E-state index in [-0.39, 0.29) is 5.91 Å². The summed E-state index contributed by atoms with van der Waals surface area (Å²) in [5, 5.41) is 0. The van der Waals surface area contributed by atoms with Gasteiger partial charge in [0.15, 0.2) is 11.5 Å². The van der Waals surface area contributed by atoms with Crippen LogP contribution in [0.2, 0.25) is 0 Å². The number of nitrogens with zero attached hydrogens (tertiary/aromatic N) is 1. The van der Waals surface area contributed by atoms with Gasteiger partial charge in [-0.25, -0.2) is 0 Å². The number of ether oxygens (including phenoxy) is 3. The Kier molecular flexibility index (Phi) is 8.81. The number of amides is 1. The molecular formula is C29H27NO4S2. The number of para-hydroxylation sites is 1. The molecule has 0 aromatic heterocycles. The second kappa shape index (κ2) is 12.4. The zero-order valence-electron chi connectivity index (χ0n) is 20.0. The van der Waals surface area contributed by atoms with Crippen LogP contribution in [0.1, 0.15) is 16.7 Å². The molecule has 1 aliphatic rings. The number of hydrogen-bond acceptors (Lipinski definition) is 6. The zero-order valence-corrected chi connectivity index (χ0v) is 21.6. The van der Waals surface area contributed by atoms with Crippen LogP contribution in [0.25, 0.3) is 6.08 Å². The van der Waals surface area contributed by atoms with E-state index >= 15 is 0 Å². The van der Waals surface area contributed by atoms with Gasteiger partial charge < -0.3 is 14.2 Å². The average Bonchev–Trinajstić information content (AvgIpc) is 3.16. The van der Waals surface area contributed by atoms with E-state index in [4.69, 9.17) is 26.4 Å². The highest BCUT2D eigenvalue weighted by molar-refractivity contribution is 8.26. The Morgan fingerprint density at radius 2 is 1.67 bits per heavy atom. The molecule has 1 heterocycles. The Morgan fingerprint density at radius 3 is 2.42 bits per heavy atom. The summed E-state index contributed by atoms with van der Waals surface area (Å²) in [5.74, 6) is 1.92. The van der Waals surface area contributed by atoms with Crippen molar-refractivity contribution in [3.05, 3.63) is 107 Å². The van der Waals surface area contributed by atoms with Crippen LogP contribution in [0.4, 0.5) is 0 Å². The average molecular weight is 518 g/mol. The van der Waals surface area contributed by atoms with Crippen LogP contribution >= 0.6 is 24.0 Å². The molecule has 0 spiro atoms. The fraction of sp³-hybridized carbons (Fsp3) is 0.172.